The minimum atomic E-state index is 0. The zero-order valence-electron chi connectivity index (χ0n) is 4.40. The summed E-state index contributed by atoms with van der Waals surface area (Å²) in [5.41, 5.74) is 0. The van der Waals surface area contributed by atoms with E-state index in [9.17, 15) is 0 Å². The van der Waals surface area contributed by atoms with Gasteiger partial charge < -0.3 is 4.74 Å². The first-order valence-electron chi connectivity index (χ1n) is 1.64. The van der Waals surface area contributed by atoms with Crippen LogP contribution in [0, 0.1) is 0 Å². The molecule has 0 amide bonds. The zero-order chi connectivity index (χ0) is 4.12. The van der Waals surface area contributed by atoms with Gasteiger partial charge in [0, 0.05) is 0 Å². The fourth-order valence-corrected chi connectivity index (χ4v) is 0.118. The molecule has 0 aromatic heterocycles. The molecule has 0 aromatic carbocycles. The van der Waals surface area contributed by atoms with Crippen LogP contribution < -0.4 is 18.9 Å². The van der Waals surface area contributed by atoms with Gasteiger partial charge in [0.2, 0.25) is 0 Å². The molecule has 0 aliphatic carbocycles. The van der Waals surface area contributed by atoms with Crippen LogP contribution in [-0.4, -0.2) is 6.61 Å². The Bertz CT molecular complexity index is 28.7. The van der Waals surface area contributed by atoms with Gasteiger partial charge in [0.1, 0.15) is 0 Å². The Morgan fingerprint density at radius 2 is 2.33 bits per heavy atom. The van der Waals surface area contributed by atoms with E-state index in [-0.39, 0.29) is 18.9 Å². The van der Waals surface area contributed by atoms with Gasteiger partial charge in [-0.1, -0.05) is 6.58 Å². The molecule has 0 atom stereocenters. The molecule has 6 heavy (non-hydrogen) atoms. The minimum Gasteiger partial charge on any atom is -0.502 e. The maximum atomic E-state index is 4.60. The first-order valence-corrected chi connectivity index (χ1v) is 1.64. The van der Waals surface area contributed by atoms with Crippen LogP contribution in [0.4, 0.5) is 0 Å². The third-order valence-corrected chi connectivity index (χ3v) is 0.285. The molecule has 0 bridgehead atoms. The SMILES string of the molecule is C=COCC.[Li+]. The molecule has 2 heteroatoms. The van der Waals surface area contributed by atoms with Crippen molar-refractivity contribution in [2.45, 2.75) is 6.92 Å². The summed E-state index contributed by atoms with van der Waals surface area (Å²) in [4.78, 5) is 0. The maximum Gasteiger partial charge on any atom is 1.00 e. The van der Waals surface area contributed by atoms with Crippen LogP contribution in [0.15, 0.2) is 12.8 Å². The van der Waals surface area contributed by atoms with E-state index in [1.54, 1.807) is 0 Å². The summed E-state index contributed by atoms with van der Waals surface area (Å²) in [7, 11) is 0. The Kier molecular flexibility index (Phi) is 14.1. The zero-order valence-corrected chi connectivity index (χ0v) is 4.40. The van der Waals surface area contributed by atoms with Crippen LogP contribution in [-0.2, 0) is 4.74 Å². The van der Waals surface area contributed by atoms with Crippen molar-refractivity contribution < 1.29 is 23.6 Å². The van der Waals surface area contributed by atoms with Gasteiger partial charge in [0.25, 0.3) is 0 Å². The van der Waals surface area contributed by atoms with Crippen LogP contribution in [0.2, 0.25) is 0 Å². The average molecular weight is 79.0 g/mol. The molecule has 0 aliphatic heterocycles. The average Bonchev–Trinajstić information content (AvgIpc) is 1.41. The predicted molar refractivity (Wildman–Crippen MR) is 21.8 cm³/mol. The molecule has 0 saturated carbocycles. The molecule has 30 valence electrons. The molecule has 0 saturated heterocycles. The molecule has 0 N–H and O–H groups in total. The Balaban J connectivity index is 0. The van der Waals surface area contributed by atoms with Crippen molar-refractivity contribution in [3.63, 3.8) is 0 Å². The molecule has 0 rings (SSSR count). The minimum absolute atomic E-state index is 0. The van der Waals surface area contributed by atoms with Gasteiger partial charge in [-0.05, 0) is 6.92 Å². The standard InChI is InChI=1S/C4H8O.Li/c1-3-5-4-2;/h3H,1,4H2,2H3;/q;+1. The van der Waals surface area contributed by atoms with Crippen molar-refractivity contribution in [1.82, 2.24) is 0 Å². The maximum absolute atomic E-state index is 4.60. The van der Waals surface area contributed by atoms with E-state index in [4.69, 9.17) is 0 Å². The quantitative estimate of drug-likeness (QED) is 0.279. The van der Waals surface area contributed by atoms with E-state index in [0.29, 0.717) is 0 Å². The van der Waals surface area contributed by atoms with Crippen molar-refractivity contribution in [2.24, 2.45) is 0 Å². The summed E-state index contributed by atoms with van der Waals surface area (Å²) >= 11 is 0. The van der Waals surface area contributed by atoms with Gasteiger partial charge in [-0.25, -0.2) is 0 Å². The van der Waals surface area contributed by atoms with Gasteiger partial charge >= 0.3 is 18.9 Å². The second-order valence-electron chi connectivity index (χ2n) is 0.622. The molecule has 0 aliphatic rings. The van der Waals surface area contributed by atoms with E-state index in [0.717, 1.165) is 6.61 Å². The Morgan fingerprint density at radius 1 is 1.83 bits per heavy atom. The first-order chi connectivity index (χ1) is 2.41. The summed E-state index contributed by atoms with van der Waals surface area (Å²) in [6, 6.07) is 0. The molecule has 0 fully saturated rings. The summed E-state index contributed by atoms with van der Waals surface area (Å²) in [5, 5.41) is 0. The number of rotatable bonds is 2. The summed E-state index contributed by atoms with van der Waals surface area (Å²) < 4.78 is 4.60. The monoisotopic (exact) mass is 79.1 g/mol. The van der Waals surface area contributed by atoms with Gasteiger partial charge in [-0.2, -0.15) is 0 Å². The fourth-order valence-electron chi connectivity index (χ4n) is 0.118. The second-order valence-corrected chi connectivity index (χ2v) is 0.622. The van der Waals surface area contributed by atoms with Crippen molar-refractivity contribution >= 4 is 0 Å². The van der Waals surface area contributed by atoms with Crippen molar-refractivity contribution in [2.75, 3.05) is 6.61 Å². The summed E-state index contributed by atoms with van der Waals surface area (Å²) in [6.45, 7) is 5.97. The van der Waals surface area contributed by atoms with Crippen LogP contribution >= 0.6 is 0 Å². The summed E-state index contributed by atoms with van der Waals surface area (Å²) in [5.74, 6) is 0. The van der Waals surface area contributed by atoms with E-state index in [1.165, 1.54) is 6.26 Å². The Hall–Kier alpha value is 0.137. The molecular formula is C4H8LiO+. The van der Waals surface area contributed by atoms with Gasteiger partial charge in [-0.15, -0.1) is 0 Å². The van der Waals surface area contributed by atoms with Gasteiger partial charge in [0.05, 0.1) is 12.9 Å². The topological polar surface area (TPSA) is 9.23 Å². The molecule has 0 aromatic rings. The van der Waals surface area contributed by atoms with E-state index < -0.39 is 0 Å². The van der Waals surface area contributed by atoms with Crippen LogP contribution in [0.5, 0.6) is 0 Å². The third kappa shape index (κ3) is 8.91. The van der Waals surface area contributed by atoms with Crippen LogP contribution in [0.25, 0.3) is 0 Å². The Morgan fingerprint density at radius 3 is 2.33 bits per heavy atom. The van der Waals surface area contributed by atoms with Crippen molar-refractivity contribution in [3.05, 3.63) is 12.8 Å². The first kappa shape index (κ1) is 9.46. The summed E-state index contributed by atoms with van der Waals surface area (Å²) in [6.07, 6.45) is 1.43. The fraction of sp³-hybridized carbons (Fsp3) is 0.500. The van der Waals surface area contributed by atoms with Gasteiger partial charge in [-0.3, -0.25) is 0 Å². The van der Waals surface area contributed by atoms with E-state index in [2.05, 4.69) is 11.3 Å². The third-order valence-electron chi connectivity index (χ3n) is 0.285. The molecule has 0 unspecified atom stereocenters. The van der Waals surface area contributed by atoms with Crippen LogP contribution in [0.3, 0.4) is 0 Å². The number of hydrogen-bond acceptors (Lipinski definition) is 1. The number of ether oxygens (including phenoxy) is 1. The largest absolute Gasteiger partial charge is 1.00 e. The predicted octanol–water partition coefficient (Wildman–Crippen LogP) is -1.83. The van der Waals surface area contributed by atoms with E-state index >= 15 is 0 Å². The molecule has 0 spiro atoms. The molecule has 0 heterocycles. The second kappa shape index (κ2) is 8.93. The smallest absolute Gasteiger partial charge is 0.502 e. The Labute approximate surface area is 50.6 Å². The van der Waals surface area contributed by atoms with Crippen molar-refractivity contribution in [3.8, 4) is 0 Å². The van der Waals surface area contributed by atoms with Gasteiger partial charge in [0.15, 0.2) is 0 Å². The number of hydrogen-bond donors (Lipinski definition) is 0. The van der Waals surface area contributed by atoms with Crippen molar-refractivity contribution in [1.29, 1.82) is 0 Å². The molecular weight excluding hydrogens is 71.0 g/mol. The molecule has 0 radical (unpaired) electrons. The molecule has 1 nitrogen and oxygen atoms in total. The van der Waals surface area contributed by atoms with E-state index in [1.807, 2.05) is 6.92 Å². The van der Waals surface area contributed by atoms with Crippen LogP contribution in [0.1, 0.15) is 6.92 Å². The normalized spacial score (nSPS) is 5.50.